The Kier molecular flexibility index (Phi) is 6.25. The first-order valence-electron chi connectivity index (χ1n) is 6.70. The maximum atomic E-state index is 12.4. The fraction of sp³-hybridized carbons (Fsp3) is 0.833. The van der Waals surface area contributed by atoms with E-state index in [0.29, 0.717) is 0 Å². The molecule has 9 heteroatoms. The van der Waals surface area contributed by atoms with E-state index in [9.17, 15) is 22.8 Å². The van der Waals surface area contributed by atoms with Gasteiger partial charge in [0.15, 0.2) is 0 Å². The molecule has 0 spiro atoms. The summed E-state index contributed by atoms with van der Waals surface area (Å²) in [5, 5.41) is 11.0. The summed E-state index contributed by atoms with van der Waals surface area (Å²) in [4.78, 5) is 24.6. The molecule has 122 valence electrons. The molecule has 1 heterocycles. The Morgan fingerprint density at radius 2 is 2.05 bits per heavy atom. The monoisotopic (exact) mass is 311 g/mol. The van der Waals surface area contributed by atoms with Gasteiger partial charge in [-0.2, -0.15) is 13.2 Å². The number of nitrogens with zero attached hydrogens (tertiary/aromatic N) is 2. The largest absolute Gasteiger partial charge is 0.480 e. The van der Waals surface area contributed by atoms with Gasteiger partial charge in [-0.15, -0.1) is 0 Å². The first-order valence-corrected chi connectivity index (χ1v) is 6.70. The van der Waals surface area contributed by atoms with Crippen LogP contribution < -0.4 is 5.32 Å². The van der Waals surface area contributed by atoms with Gasteiger partial charge in [0.25, 0.3) is 0 Å². The minimum Gasteiger partial charge on any atom is -0.480 e. The molecule has 0 radical (unpaired) electrons. The van der Waals surface area contributed by atoms with Crippen molar-refractivity contribution in [3.63, 3.8) is 0 Å². The molecule has 21 heavy (non-hydrogen) atoms. The van der Waals surface area contributed by atoms with Crippen LogP contribution in [0.1, 0.15) is 19.3 Å². The summed E-state index contributed by atoms with van der Waals surface area (Å²) in [5.41, 5.74) is 0. The SMILES string of the molecule is CN1CCCCC1CNC(=O)N(CC(=O)O)CC(F)(F)F. The van der Waals surface area contributed by atoms with Gasteiger partial charge in [-0.3, -0.25) is 4.79 Å². The number of urea groups is 1. The Bertz CT molecular complexity index is 376. The third kappa shape index (κ3) is 6.65. The van der Waals surface area contributed by atoms with Crippen LogP contribution in [0.3, 0.4) is 0 Å². The fourth-order valence-corrected chi connectivity index (χ4v) is 2.30. The van der Waals surface area contributed by atoms with E-state index in [1.165, 1.54) is 0 Å². The molecule has 0 saturated carbocycles. The Morgan fingerprint density at radius 1 is 1.38 bits per heavy atom. The van der Waals surface area contributed by atoms with Crippen molar-refractivity contribution in [2.24, 2.45) is 0 Å². The van der Waals surface area contributed by atoms with Gasteiger partial charge in [-0.1, -0.05) is 6.42 Å². The lowest BCUT2D eigenvalue weighted by Gasteiger charge is -2.33. The minimum absolute atomic E-state index is 0.0697. The van der Waals surface area contributed by atoms with E-state index in [2.05, 4.69) is 5.32 Å². The molecule has 1 fully saturated rings. The maximum Gasteiger partial charge on any atom is 0.406 e. The molecule has 1 aliphatic rings. The van der Waals surface area contributed by atoms with Gasteiger partial charge in [0.2, 0.25) is 0 Å². The first kappa shape index (κ1) is 17.5. The Labute approximate surface area is 120 Å². The molecule has 1 aliphatic heterocycles. The van der Waals surface area contributed by atoms with Crippen LogP contribution in [0.25, 0.3) is 0 Å². The Balaban J connectivity index is 2.53. The zero-order valence-electron chi connectivity index (χ0n) is 11.8. The number of hydrogen-bond donors (Lipinski definition) is 2. The predicted octanol–water partition coefficient (Wildman–Crippen LogP) is 1.13. The van der Waals surface area contributed by atoms with Crippen molar-refractivity contribution in [2.45, 2.75) is 31.5 Å². The quantitative estimate of drug-likeness (QED) is 0.798. The van der Waals surface area contributed by atoms with Crippen LogP contribution in [0.15, 0.2) is 0 Å². The number of carboxylic acids is 1. The van der Waals surface area contributed by atoms with Crippen LogP contribution >= 0.6 is 0 Å². The molecule has 1 saturated heterocycles. The number of alkyl halides is 3. The van der Waals surface area contributed by atoms with Crippen molar-refractivity contribution in [3.8, 4) is 0 Å². The zero-order valence-corrected chi connectivity index (χ0v) is 11.8. The zero-order chi connectivity index (χ0) is 16.0. The fourth-order valence-electron chi connectivity index (χ4n) is 2.30. The molecule has 1 atom stereocenters. The van der Waals surface area contributed by atoms with E-state index in [1.807, 2.05) is 11.9 Å². The summed E-state index contributed by atoms with van der Waals surface area (Å²) in [6.07, 6.45) is -1.71. The van der Waals surface area contributed by atoms with Crippen LogP contribution in [0.5, 0.6) is 0 Å². The molecule has 2 N–H and O–H groups in total. The average Bonchev–Trinajstić information content (AvgIpc) is 2.34. The first-order chi connectivity index (χ1) is 9.69. The number of halogens is 3. The van der Waals surface area contributed by atoms with E-state index in [-0.39, 0.29) is 17.5 Å². The molecule has 6 nitrogen and oxygen atoms in total. The smallest absolute Gasteiger partial charge is 0.406 e. The number of amides is 2. The molecule has 1 rings (SSSR count). The Hall–Kier alpha value is -1.51. The highest BCUT2D eigenvalue weighted by Crippen LogP contribution is 2.17. The van der Waals surface area contributed by atoms with Gasteiger partial charge >= 0.3 is 18.2 Å². The highest BCUT2D eigenvalue weighted by Gasteiger charge is 2.34. The topological polar surface area (TPSA) is 72.9 Å². The van der Waals surface area contributed by atoms with Crippen LogP contribution in [0, 0.1) is 0 Å². The van der Waals surface area contributed by atoms with Crippen molar-refractivity contribution in [3.05, 3.63) is 0 Å². The van der Waals surface area contributed by atoms with Crippen molar-refractivity contribution < 1.29 is 27.9 Å². The normalized spacial score (nSPS) is 20.1. The standard InChI is InChI=1S/C12H20F3N3O3/c1-17-5-3-2-4-9(17)6-16-11(21)18(7-10(19)20)8-12(13,14)15/h9H,2-8H2,1H3,(H,16,21)(H,19,20). The number of likely N-dealkylation sites (N-methyl/N-ethyl adjacent to an activating group) is 1. The second-order valence-electron chi connectivity index (χ2n) is 5.18. The lowest BCUT2D eigenvalue weighted by atomic mass is 10.0. The van der Waals surface area contributed by atoms with Crippen molar-refractivity contribution in [2.75, 3.05) is 33.2 Å². The summed E-state index contributed by atoms with van der Waals surface area (Å²) in [7, 11) is 1.89. The summed E-state index contributed by atoms with van der Waals surface area (Å²) in [6, 6.07) is -0.936. The predicted molar refractivity (Wildman–Crippen MR) is 68.9 cm³/mol. The van der Waals surface area contributed by atoms with E-state index < -0.39 is 31.3 Å². The van der Waals surface area contributed by atoms with E-state index >= 15 is 0 Å². The molecular weight excluding hydrogens is 291 g/mol. The molecule has 0 aromatic rings. The molecule has 2 amide bonds. The highest BCUT2D eigenvalue weighted by molar-refractivity contribution is 5.80. The minimum atomic E-state index is -4.63. The van der Waals surface area contributed by atoms with E-state index in [4.69, 9.17) is 5.11 Å². The molecule has 0 aromatic heterocycles. The second kappa shape index (κ2) is 7.48. The third-order valence-electron chi connectivity index (χ3n) is 3.39. The number of likely N-dealkylation sites (tertiary alicyclic amines) is 1. The van der Waals surface area contributed by atoms with Crippen LogP contribution in [0.2, 0.25) is 0 Å². The number of carbonyl (C=O) groups is 2. The molecular formula is C12H20F3N3O3. The van der Waals surface area contributed by atoms with Gasteiger partial charge in [-0.05, 0) is 26.4 Å². The molecule has 0 aromatic carbocycles. The van der Waals surface area contributed by atoms with Gasteiger partial charge in [0.1, 0.15) is 13.1 Å². The third-order valence-corrected chi connectivity index (χ3v) is 3.39. The van der Waals surface area contributed by atoms with Gasteiger partial charge < -0.3 is 20.2 Å². The maximum absolute atomic E-state index is 12.4. The van der Waals surface area contributed by atoms with E-state index in [1.54, 1.807) is 0 Å². The van der Waals surface area contributed by atoms with Crippen molar-refractivity contribution in [1.29, 1.82) is 0 Å². The summed E-state index contributed by atoms with van der Waals surface area (Å²) < 4.78 is 37.1. The molecule has 0 aliphatic carbocycles. The Morgan fingerprint density at radius 3 is 2.57 bits per heavy atom. The summed E-state index contributed by atoms with van der Waals surface area (Å²) >= 11 is 0. The van der Waals surface area contributed by atoms with Crippen LogP contribution in [0.4, 0.5) is 18.0 Å². The number of hydrogen-bond acceptors (Lipinski definition) is 3. The average molecular weight is 311 g/mol. The van der Waals surface area contributed by atoms with Crippen LogP contribution in [-0.4, -0.2) is 72.4 Å². The van der Waals surface area contributed by atoms with Gasteiger partial charge in [0, 0.05) is 12.6 Å². The number of piperidine rings is 1. The lowest BCUT2D eigenvalue weighted by Crippen LogP contribution is -2.51. The number of carbonyl (C=O) groups excluding carboxylic acids is 1. The number of aliphatic carboxylic acids is 1. The van der Waals surface area contributed by atoms with Gasteiger partial charge in [-0.25, -0.2) is 4.79 Å². The summed E-state index contributed by atoms with van der Waals surface area (Å²) in [5.74, 6) is -1.48. The van der Waals surface area contributed by atoms with Crippen LogP contribution in [-0.2, 0) is 4.79 Å². The van der Waals surface area contributed by atoms with Crippen molar-refractivity contribution in [1.82, 2.24) is 15.1 Å². The number of carboxylic acid groups (broad SMARTS) is 1. The molecule has 1 unspecified atom stereocenters. The molecule has 0 bridgehead atoms. The van der Waals surface area contributed by atoms with E-state index in [0.717, 1.165) is 25.8 Å². The highest BCUT2D eigenvalue weighted by atomic mass is 19.4. The summed E-state index contributed by atoms with van der Waals surface area (Å²) in [6.45, 7) is -1.47. The second-order valence-corrected chi connectivity index (χ2v) is 5.18. The van der Waals surface area contributed by atoms with Crippen molar-refractivity contribution >= 4 is 12.0 Å². The van der Waals surface area contributed by atoms with Gasteiger partial charge in [0.05, 0.1) is 0 Å². The number of nitrogens with one attached hydrogen (secondary N) is 1. The number of rotatable bonds is 5. The lowest BCUT2D eigenvalue weighted by molar-refractivity contribution is -0.148.